The lowest BCUT2D eigenvalue weighted by atomic mass is 9.68. The molecule has 0 radical (unpaired) electrons. The Hall–Kier alpha value is -1.98. The second-order valence-electron chi connectivity index (χ2n) is 7.69. The Bertz CT molecular complexity index is 781. The van der Waals surface area contributed by atoms with Gasteiger partial charge in [-0.1, -0.05) is 20.8 Å². The average molecular weight is 365 g/mol. The Labute approximate surface area is 148 Å². The van der Waals surface area contributed by atoms with Gasteiger partial charge in [-0.25, -0.2) is 8.42 Å². The van der Waals surface area contributed by atoms with E-state index in [2.05, 4.69) is 31.6 Å². The van der Waals surface area contributed by atoms with E-state index in [-0.39, 0.29) is 16.0 Å². The Morgan fingerprint density at radius 3 is 2.16 bits per heavy atom. The van der Waals surface area contributed by atoms with Crippen LogP contribution in [-0.4, -0.2) is 18.9 Å². The lowest BCUT2D eigenvalue weighted by molar-refractivity contribution is -0.384. The highest BCUT2D eigenvalue weighted by Crippen LogP contribution is 2.41. The molecule has 1 saturated carbocycles. The van der Waals surface area contributed by atoms with Crippen LogP contribution in [0.2, 0.25) is 0 Å². The standard InChI is InChI=1S/C17H23N3O4S/c1-16(2,3)13-8-10-17(12-18,11-9-13)19-25(23,24)15-6-4-14(5-7-15)20(21)22/h4-7,13,19H,8-11H2,1-3H3. The number of nitrogens with one attached hydrogen (secondary N) is 1. The number of benzene rings is 1. The number of nitrogens with zero attached hydrogens (tertiary/aromatic N) is 2. The lowest BCUT2D eigenvalue weighted by Crippen LogP contribution is -2.50. The number of sulfonamides is 1. The van der Waals surface area contributed by atoms with E-state index < -0.39 is 20.5 Å². The van der Waals surface area contributed by atoms with Gasteiger partial charge in [-0.05, 0) is 49.1 Å². The average Bonchev–Trinajstić information content (AvgIpc) is 2.54. The van der Waals surface area contributed by atoms with E-state index in [1.165, 1.54) is 12.1 Å². The molecule has 0 saturated heterocycles. The predicted molar refractivity (Wildman–Crippen MR) is 93.2 cm³/mol. The van der Waals surface area contributed by atoms with Crippen LogP contribution in [0.25, 0.3) is 0 Å². The summed E-state index contributed by atoms with van der Waals surface area (Å²) in [6.45, 7) is 6.45. The van der Waals surface area contributed by atoms with Crippen molar-refractivity contribution in [3.05, 3.63) is 34.4 Å². The highest BCUT2D eigenvalue weighted by atomic mass is 32.2. The molecule has 0 bridgehead atoms. The third kappa shape index (κ3) is 4.35. The van der Waals surface area contributed by atoms with Crippen molar-refractivity contribution in [2.24, 2.45) is 11.3 Å². The van der Waals surface area contributed by atoms with Gasteiger partial charge in [0.1, 0.15) is 5.54 Å². The second-order valence-corrected chi connectivity index (χ2v) is 9.37. The van der Waals surface area contributed by atoms with Gasteiger partial charge in [-0.2, -0.15) is 9.98 Å². The quantitative estimate of drug-likeness (QED) is 0.649. The van der Waals surface area contributed by atoms with E-state index >= 15 is 0 Å². The fraction of sp³-hybridized carbons (Fsp3) is 0.588. The summed E-state index contributed by atoms with van der Waals surface area (Å²) in [6, 6.07) is 6.81. The van der Waals surface area contributed by atoms with Crippen molar-refractivity contribution in [1.29, 1.82) is 5.26 Å². The second kappa shape index (κ2) is 6.73. The summed E-state index contributed by atoms with van der Waals surface area (Å²) < 4.78 is 27.7. The Kier molecular flexibility index (Phi) is 5.21. The van der Waals surface area contributed by atoms with Crippen LogP contribution in [0.3, 0.4) is 0 Å². The number of nitriles is 1. The molecule has 7 nitrogen and oxygen atoms in total. The monoisotopic (exact) mass is 365 g/mol. The minimum atomic E-state index is -3.92. The lowest BCUT2D eigenvalue weighted by Gasteiger charge is -2.40. The Morgan fingerprint density at radius 2 is 1.76 bits per heavy atom. The summed E-state index contributed by atoms with van der Waals surface area (Å²) >= 11 is 0. The topological polar surface area (TPSA) is 113 Å². The van der Waals surface area contributed by atoms with Crippen LogP contribution in [0.5, 0.6) is 0 Å². The normalized spacial score (nSPS) is 24.5. The number of rotatable bonds is 4. The first-order chi connectivity index (χ1) is 11.5. The Morgan fingerprint density at radius 1 is 1.24 bits per heavy atom. The van der Waals surface area contributed by atoms with Crippen molar-refractivity contribution >= 4 is 15.7 Å². The number of non-ortho nitro benzene ring substituents is 1. The van der Waals surface area contributed by atoms with Gasteiger partial charge in [0, 0.05) is 12.1 Å². The van der Waals surface area contributed by atoms with Crippen molar-refractivity contribution in [2.75, 3.05) is 0 Å². The maximum absolute atomic E-state index is 12.6. The first-order valence-electron chi connectivity index (χ1n) is 8.19. The molecule has 1 aliphatic carbocycles. The molecule has 0 spiro atoms. The molecule has 0 heterocycles. The largest absolute Gasteiger partial charge is 0.269 e. The van der Waals surface area contributed by atoms with E-state index in [1.54, 1.807) is 0 Å². The highest BCUT2D eigenvalue weighted by Gasteiger charge is 2.41. The summed E-state index contributed by atoms with van der Waals surface area (Å²) in [5, 5.41) is 20.3. The smallest absolute Gasteiger partial charge is 0.258 e. The molecule has 136 valence electrons. The molecule has 1 aromatic rings. The SMILES string of the molecule is CC(C)(C)C1CCC(C#N)(NS(=O)(=O)c2ccc([N+](=O)[O-])cc2)CC1. The van der Waals surface area contributed by atoms with Gasteiger partial charge in [0.15, 0.2) is 0 Å². The third-order valence-electron chi connectivity index (χ3n) is 4.97. The molecule has 1 fully saturated rings. The van der Waals surface area contributed by atoms with Crippen LogP contribution in [0.15, 0.2) is 29.2 Å². The molecule has 1 aromatic carbocycles. The molecule has 8 heteroatoms. The van der Waals surface area contributed by atoms with E-state index in [1.807, 2.05) is 0 Å². The maximum Gasteiger partial charge on any atom is 0.269 e. The van der Waals surface area contributed by atoms with Crippen molar-refractivity contribution in [1.82, 2.24) is 4.72 Å². The first-order valence-corrected chi connectivity index (χ1v) is 9.67. The molecule has 2 rings (SSSR count). The minimum absolute atomic E-state index is 0.0781. The fourth-order valence-electron chi connectivity index (χ4n) is 3.28. The van der Waals surface area contributed by atoms with Gasteiger partial charge < -0.3 is 0 Å². The van der Waals surface area contributed by atoms with Gasteiger partial charge in [0.2, 0.25) is 10.0 Å². The molecule has 0 atom stereocenters. The van der Waals surface area contributed by atoms with E-state index in [9.17, 15) is 23.8 Å². The Balaban J connectivity index is 2.18. The van der Waals surface area contributed by atoms with E-state index in [0.717, 1.165) is 25.0 Å². The zero-order valence-electron chi connectivity index (χ0n) is 14.7. The molecule has 0 unspecified atom stereocenters. The molecular weight excluding hydrogens is 342 g/mol. The van der Waals surface area contributed by atoms with E-state index in [4.69, 9.17) is 0 Å². The number of hydrogen-bond acceptors (Lipinski definition) is 5. The molecular formula is C17H23N3O4S. The van der Waals surface area contributed by atoms with Crippen LogP contribution >= 0.6 is 0 Å². The van der Waals surface area contributed by atoms with Crippen LogP contribution < -0.4 is 4.72 Å². The molecule has 1 aliphatic rings. The number of hydrogen-bond donors (Lipinski definition) is 1. The van der Waals surface area contributed by atoms with Crippen LogP contribution in [0.1, 0.15) is 46.5 Å². The molecule has 25 heavy (non-hydrogen) atoms. The van der Waals surface area contributed by atoms with Gasteiger partial charge in [0.25, 0.3) is 5.69 Å². The summed E-state index contributed by atoms with van der Waals surface area (Å²) in [5.74, 6) is 0.442. The van der Waals surface area contributed by atoms with Gasteiger partial charge in [-0.15, -0.1) is 0 Å². The van der Waals surface area contributed by atoms with Crippen LogP contribution in [0, 0.1) is 32.8 Å². The highest BCUT2D eigenvalue weighted by molar-refractivity contribution is 7.89. The predicted octanol–water partition coefficient (Wildman–Crippen LogP) is 3.37. The summed E-state index contributed by atoms with van der Waals surface area (Å²) in [6.07, 6.45) is 2.47. The number of nitro groups is 1. The van der Waals surface area contributed by atoms with E-state index in [0.29, 0.717) is 18.8 Å². The third-order valence-corrected chi connectivity index (χ3v) is 6.52. The fourth-order valence-corrected chi connectivity index (χ4v) is 4.65. The van der Waals surface area contributed by atoms with Crippen LogP contribution in [-0.2, 0) is 10.0 Å². The maximum atomic E-state index is 12.6. The summed E-state index contributed by atoms with van der Waals surface area (Å²) in [4.78, 5) is 10.0. The number of nitro benzene ring substituents is 1. The van der Waals surface area contributed by atoms with Gasteiger partial charge >= 0.3 is 0 Å². The first kappa shape index (κ1) is 19.3. The summed E-state index contributed by atoms with van der Waals surface area (Å²) in [5.41, 5.74) is -1.18. The molecule has 0 amide bonds. The van der Waals surface area contributed by atoms with Crippen molar-refractivity contribution in [3.63, 3.8) is 0 Å². The van der Waals surface area contributed by atoms with Crippen molar-refractivity contribution < 1.29 is 13.3 Å². The summed E-state index contributed by atoms with van der Waals surface area (Å²) in [7, 11) is -3.92. The van der Waals surface area contributed by atoms with Gasteiger partial charge in [-0.3, -0.25) is 10.1 Å². The van der Waals surface area contributed by atoms with Gasteiger partial charge in [0.05, 0.1) is 15.9 Å². The van der Waals surface area contributed by atoms with Crippen molar-refractivity contribution in [3.8, 4) is 6.07 Å². The zero-order chi connectivity index (χ0) is 18.9. The minimum Gasteiger partial charge on any atom is -0.258 e. The van der Waals surface area contributed by atoms with Crippen molar-refractivity contribution in [2.45, 2.75) is 56.9 Å². The van der Waals surface area contributed by atoms with Crippen LogP contribution in [0.4, 0.5) is 5.69 Å². The zero-order valence-corrected chi connectivity index (χ0v) is 15.5. The molecule has 1 N–H and O–H groups in total. The molecule has 0 aromatic heterocycles. The molecule has 0 aliphatic heterocycles.